The van der Waals surface area contributed by atoms with E-state index in [1.165, 1.54) is 7.11 Å². The number of amides is 2. The zero-order valence-electron chi connectivity index (χ0n) is 18.8. The molecule has 172 valence electrons. The minimum Gasteiger partial charge on any atom is -0.469 e. The van der Waals surface area contributed by atoms with E-state index in [1.54, 1.807) is 18.3 Å². The molecule has 2 aromatic carbocycles. The molecule has 0 spiro atoms. The second-order valence-corrected chi connectivity index (χ2v) is 7.84. The molecule has 0 unspecified atom stereocenters. The number of anilines is 2. The predicted molar refractivity (Wildman–Crippen MR) is 129 cm³/mol. The molecule has 1 aromatic heterocycles. The Kier molecular flexibility index (Phi) is 8.94. The summed E-state index contributed by atoms with van der Waals surface area (Å²) >= 11 is 0. The van der Waals surface area contributed by atoms with Gasteiger partial charge in [-0.1, -0.05) is 43.2 Å². The predicted octanol–water partition coefficient (Wildman–Crippen LogP) is 4.87. The second kappa shape index (κ2) is 12.3. The van der Waals surface area contributed by atoms with Crippen molar-refractivity contribution >= 4 is 40.1 Å². The van der Waals surface area contributed by atoms with Crippen LogP contribution in [0.1, 0.15) is 44.1 Å². The highest BCUT2D eigenvalue weighted by molar-refractivity contribution is 6.00. The van der Waals surface area contributed by atoms with Crippen molar-refractivity contribution in [1.29, 1.82) is 0 Å². The molecule has 0 saturated carbocycles. The molecule has 0 aliphatic rings. The van der Waals surface area contributed by atoms with E-state index in [-0.39, 0.29) is 24.2 Å². The van der Waals surface area contributed by atoms with Crippen LogP contribution in [0.5, 0.6) is 0 Å². The Morgan fingerprint density at radius 3 is 2.30 bits per heavy atom. The molecular formula is C26H29N3O4. The van der Waals surface area contributed by atoms with Crippen LogP contribution < -0.4 is 10.6 Å². The number of unbranched alkanes of at least 4 members (excludes halogenated alkanes) is 3. The topological polar surface area (TPSA) is 97.4 Å². The number of para-hydroxylation sites is 1. The molecule has 0 fully saturated rings. The van der Waals surface area contributed by atoms with E-state index < -0.39 is 0 Å². The highest BCUT2D eigenvalue weighted by Crippen LogP contribution is 2.21. The van der Waals surface area contributed by atoms with Crippen molar-refractivity contribution in [3.05, 3.63) is 66.4 Å². The number of nitrogens with zero attached hydrogens (tertiary/aromatic N) is 1. The minimum absolute atomic E-state index is 0.0445. The normalized spacial score (nSPS) is 10.6. The molecule has 7 nitrogen and oxygen atoms in total. The summed E-state index contributed by atoms with van der Waals surface area (Å²) in [5.74, 6) is -0.367. The SMILES string of the molecule is COC(=O)CCCCCCC(=O)Nc1ccc(CC(=O)Nc2cccc3cccnc23)cc1. The van der Waals surface area contributed by atoms with Crippen LogP contribution in [0.3, 0.4) is 0 Å². The number of rotatable bonds is 11. The molecule has 2 amide bonds. The first-order valence-corrected chi connectivity index (χ1v) is 11.1. The number of ether oxygens (including phenoxy) is 1. The van der Waals surface area contributed by atoms with Crippen molar-refractivity contribution in [3.63, 3.8) is 0 Å². The van der Waals surface area contributed by atoms with Crippen molar-refractivity contribution < 1.29 is 19.1 Å². The Morgan fingerprint density at radius 2 is 1.55 bits per heavy atom. The first-order valence-electron chi connectivity index (χ1n) is 11.1. The lowest BCUT2D eigenvalue weighted by atomic mass is 10.1. The number of methoxy groups -OCH3 is 1. The standard InChI is InChI=1S/C26H29N3O4/c1-33-25(32)12-5-3-2-4-11-23(30)28-21-15-13-19(14-16-21)18-24(31)29-22-10-6-8-20-9-7-17-27-26(20)22/h6-10,13-17H,2-5,11-12,18H2,1H3,(H,28,30)(H,29,31). The van der Waals surface area contributed by atoms with Crippen molar-refractivity contribution in [2.45, 2.75) is 44.9 Å². The molecule has 0 saturated heterocycles. The van der Waals surface area contributed by atoms with Gasteiger partial charge in [-0.2, -0.15) is 0 Å². The smallest absolute Gasteiger partial charge is 0.305 e. The molecule has 0 atom stereocenters. The molecule has 1 heterocycles. The van der Waals surface area contributed by atoms with Crippen LogP contribution in [-0.4, -0.2) is 29.9 Å². The van der Waals surface area contributed by atoms with Gasteiger partial charge in [-0.05, 0) is 42.7 Å². The third-order valence-corrected chi connectivity index (χ3v) is 5.27. The maximum absolute atomic E-state index is 12.5. The Bertz CT molecular complexity index is 1090. The lowest BCUT2D eigenvalue weighted by Crippen LogP contribution is -2.15. The molecule has 2 N–H and O–H groups in total. The van der Waals surface area contributed by atoms with Gasteiger partial charge in [-0.25, -0.2) is 0 Å². The summed E-state index contributed by atoms with van der Waals surface area (Å²) in [6.45, 7) is 0. The summed E-state index contributed by atoms with van der Waals surface area (Å²) < 4.78 is 4.61. The Labute approximate surface area is 193 Å². The van der Waals surface area contributed by atoms with E-state index >= 15 is 0 Å². The molecule has 33 heavy (non-hydrogen) atoms. The van der Waals surface area contributed by atoms with Crippen LogP contribution in [-0.2, 0) is 25.5 Å². The van der Waals surface area contributed by atoms with Crippen LogP contribution in [0.2, 0.25) is 0 Å². The molecule has 3 rings (SSSR count). The number of carbonyl (C=O) groups excluding carboxylic acids is 3. The van der Waals surface area contributed by atoms with Gasteiger partial charge in [-0.3, -0.25) is 19.4 Å². The monoisotopic (exact) mass is 447 g/mol. The van der Waals surface area contributed by atoms with Crippen molar-refractivity contribution in [3.8, 4) is 0 Å². The molecular weight excluding hydrogens is 418 g/mol. The summed E-state index contributed by atoms with van der Waals surface area (Å²) in [6.07, 6.45) is 6.12. The maximum atomic E-state index is 12.5. The second-order valence-electron chi connectivity index (χ2n) is 7.84. The summed E-state index contributed by atoms with van der Waals surface area (Å²) in [5, 5.41) is 6.78. The molecule has 7 heteroatoms. The zero-order chi connectivity index (χ0) is 23.5. The Balaban J connectivity index is 1.41. The van der Waals surface area contributed by atoms with E-state index in [2.05, 4.69) is 20.4 Å². The Hall–Kier alpha value is -3.74. The van der Waals surface area contributed by atoms with Gasteiger partial charge < -0.3 is 15.4 Å². The lowest BCUT2D eigenvalue weighted by molar-refractivity contribution is -0.140. The number of nitrogens with one attached hydrogen (secondary N) is 2. The number of hydrogen-bond acceptors (Lipinski definition) is 5. The van der Waals surface area contributed by atoms with Crippen LogP contribution in [0.4, 0.5) is 11.4 Å². The van der Waals surface area contributed by atoms with Gasteiger partial charge in [0.05, 0.1) is 24.7 Å². The van der Waals surface area contributed by atoms with Crippen molar-refractivity contribution in [2.24, 2.45) is 0 Å². The number of carbonyl (C=O) groups is 3. The van der Waals surface area contributed by atoms with Gasteiger partial charge in [0.2, 0.25) is 11.8 Å². The largest absolute Gasteiger partial charge is 0.469 e. The number of aromatic nitrogens is 1. The van der Waals surface area contributed by atoms with Gasteiger partial charge in [0, 0.05) is 30.1 Å². The van der Waals surface area contributed by atoms with E-state index in [0.717, 1.165) is 42.1 Å². The quantitative estimate of drug-likeness (QED) is 0.323. The average molecular weight is 448 g/mol. The summed E-state index contributed by atoms with van der Waals surface area (Å²) in [5.41, 5.74) is 3.00. The maximum Gasteiger partial charge on any atom is 0.305 e. The van der Waals surface area contributed by atoms with Crippen LogP contribution >= 0.6 is 0 Å². The Morgan fingerprint density at radius 1 is 0.818 bits per heavy atom. The highest BCUT2D eigenvalue weighted by Gasteiger charge is 2.09. The zero-order valence-corrected chi connectivity index (χ0v) is 18.8. The number of fused-ring (bicyclic) bond motifs is 1. The summed E-state index contributed by atoms with van der Waals surface area (Å²) in [7, 11) is 1.39. The van der Waals surface area contributed by atoms with Crippen molar-refractivity contribution in [1.82, 2.24) is 4.98 Å². The summed E-state index contributed by atoms with van der Waals surface area (Å²) in [4.78, 5) is 40.0. The number of hydrogen-bond donors (Lipinski definition) is 2. The van der Waals surface area contributed by atoms with E-state index in [9.17, 15) is 14.4 Å². The van der Waals surface area contributed by atoms with Crippen LogP contribution in [0.25, 0.3) is 10.9 Å². The van der Waals surface area contributed by atoms with E-state index in [0.29, 0.717) is 24.2 Å². The number of benzene rings is 2. The molecule has 0 aliphatic carbocycles. The van der Waals surface area contributed by atoms with Gasteiger partial charge in [0.15, 0.2) is 0 Å². The first-order chi connectivity index (χ1) is 16.0. The number of esters is 1. The van der Waals surface area contributed by atoms with E-state index in [4.69, 9.17) is 0 Å². The fourth-order valence-electron chi connectivity index (χ4n) is 3.52. The van der Waals surface area contributed by atoms with Crippen LogP contribution in [0, 0.1) is 0 Å². The molecule has 3 aromatic rings. The van der Waals surface area contributed by atoms with E-state index in [1.807, 2.05) is 42.5 Å². The third kappa shape index (κ3) is 7.71. The van der Waals surface area contributed by atoms with Gasteiger partial charge in [-0.15, -0.1) is 0 Å². The van der Waals surface area contributed by atoms with Gasteiger partial charge in [0.1, 0.15) is 0 Å². The summed E-state index contributed by atoms with van der Waals surface area (Å²) in [6, 6.07) is 16.8. The van der Waals surface area contributed by atoms with Gasteiger partial charge >= 0.3 is 5.97 Å². The third-order valence-electron chi connectivity index (χ3n) is 5.27. The van der Waals surface area contributed by atoms with Gasteiger partial charge in [0.25, 0.3) is 0 Å². The fraction of sp³-hybridized carbons (Fsp3) is 0.308. The molecule has 0 radical (unpaired) electrons. The highest BCUT2D eigenvalue weighted by atomic mass is 16.5. The average Bonchev–Trinajstić information content (AvgIpc) is 2.82. The van der Waals surface area contributed by atoms with Crippen molar-refractivity contribution in [2.75, 3.05) is 17.7 Å². The fourth-order valence-corrected chi connectivity index (χ4v) is 3.52. The minimum atomic E-state index is -0.195. The molecule has 0 aliphatic heterocycles. The number of pyridine rings is 1. The first kappa shape index (κ1) is 23.9. The van der Waals surface area contributed by atoms with Crippen LogP contribution in [0.15, 0.2) is 60.8 Å². The molecule has 0 bridgehead atoms. The lowest BCUT2D eigenvalue weighted by Gasteiger charge is -2.09.